The van der Waals surface area contributed by atoms with Crippen molar-refractivity contribution in [2.45, 2.75) is 24.7 Å². The maximum Gasteiger partial charge on any atom is 0.262 e. The van der Waals surface area contributed by atoms with Gasteiger partial charge in [0.15, 0.2) is 6.61 Å². The van der Waals surface area contributed by atoms with Crippen LogP contribution in [0, 0.1) is 0 Å². The lowest BCUT2D eigenvalue weighted by molar-refractivity contribution is -0.118. The minimum absolute atomic E-state index is 0.0384. The Kier molecular flexibility index (Phi) is 7.84. The number of amides is 1. The molecule has 2 N–H and O–H groups in total. The number of nitrogens with one attached hydrogen (secondary N) is 2. The molecule has 0 aliphatic rings. The molecular weight excluding hydrogens is 464 g/mol. The van der Waals surface area contributed by atoms with Gasteiger partial charge in [-0.15, -0.1) is 0 Å². The van der Waals surface area contributed by atoms with Crippen LogP contribution in [0.15, 0.2) is 71.6 Å². The van der Waals surface area contributed by atoms with Gasteiger partial charge in [0.25, 0.3) is 15.9 Å². The molecular formula is C24H25ClN2O5S. The first kappa shape index (κ1) is 24.4. The molecule has 3 aromatic carbocycles. The van der Waals surface area contributed by atoms with E-state index in [0.29, 0.717) is 28.8 Å². The number of carbonyl (C=O) groups is 1. The molecule has 0 spiro atoms. The van der Waals surface area contributed by atoms with Crippen molar-refractivity contribution in [2.24, 2.45) is 0 Å². The van der Waals surface area contributed by atoms with Crippen molar-refractivity contribution >= 4 is 38.9 Å². The number of benzene rings is 3. The van der Waals surface area contributed by atoms with E-state index in [1.807, 2.05) is 24.3 Å². The summed E-state index contributed by atoms with van der Waals surface area (Å²) in [4.78, 5) is 12.2. The average Bonchev–Trinajstić information content (AvgIpc) is 2.78. The molecule has 0 unspecified atom stereocenters. The maximum atomic E-state index is 12.6. The fourth-order valence-electron chi connectivity index (χ4n) is 2.96. The molecule has 0 atom stereocenters. The van der Waals surface area contributed by atoms with Crippen LogP contribution in [0.5, 0.6) is 11.5 Å². The summed E-state index contributed by atoms with van der Waals surface area (Å²) in [6, 6.07) is 18.0. The third kappa shape index (κ3) is 6.63. The topological polar surface area (TPSA) is 93.7 Å². The molecule has 0 heterocycles. The van der Waals surface area contributed by atoms with Gasteiger partial charge in [0.2, 0.25) is 0 Å². The molecule has 0 aromatic heterocycles. The second-order valence-electron chi connectivity index (χ2n) is 7.54. The number of carbonyl (C=O) groups excluding carboxylic acids is 1. The van der Waals surface area contributed by atoms with E-state index in [9.17, 15) is 13.2 Å². The summed E-state index contributed by atoms with van der Waals surface area (Å²) in [6.07, 6.45) is 0. The molecule has 0 saturated carbocycles. The van der Waals surface area contributed by atoms with E-state index in [4.69, 9.17) is 21.1 Å². The quantitative estimate of drug-likeness (QED) is 0.427. The summed E-state index contributed by atoms with van der Waals surface area (Å²) in [7, 11) is -2.36. The van der Waals surface area contributed by atoms with Gasteiger partial charge in [-0.25, -0.2) is 8.42 Å². The summed E-state index contributed by atoms with van der Waals surface area (Å²) < 4.78 is 38.2. The minimum Gasteiger partial charge on any atom is -0.495 e. The van der Waals surface area contributed by atoms with E-state index in [1.54, 1.807) is 12.1 Å². The van der Waals surface area contributed by atoms with Gasteiger partial charge in [0.05, 0.1) is 22.7 Å². The molecule has 9 heteroatoms. The number of hydrogen-bond acceptors (Lipinski definition) is 5. The van der Waals surface area contributed by atoms with E-state index in [0.717, 1.165) is 0 Å². The molecule has 0 bridgehead atoms. The molecule has 0 radical (unpaired) electrons. The van der Waals surface area contributed by atoms with Crippen LogP contribution >= 0.6 is 11.6 Å². The van der Waals surface area contributed by atoms with Crippen LogP contribution in [0.4, 0.5) is 11.4 Å². The highest BCUT2D eigenvalue weighted by molar-refractivity contribution is 7.92. The molecule has 0 saturated heterocycles. The van der Waals surface area contributed by atoms with Crippen molar-refractivity contribution in [1.29, 1.82) is 0 Å². The zero-order valence-corrected chi connectivity index (χ0v) is 20.0. The van der Waals surface area contributed by atoms with Crippen LogP contribution in [0.2, 0.25) is 5.02 Å². The predicted molar refractivity (Wildman–Crippen MR) is 130 cm³/mol. The highest BCUT2D eigenvalue weighted by Crippen LogP contribution is 2.28. The number of halogens is 1. The van der Waals surface area contributed by atoms with Crippen molar-refractivity contribution in [3.8, 4) is 11.5 Å². The molecule has 3 rings (SSSR count). The van der Waals surface area contributed by atoms with Crippen molar-refractivity contribution in [1.82, 2.24) is 0 Å². The predicted octanol–water partition coefficient (Wildman–Crippen LogP) is 5.29. The summed E-state index contributed by atoms with van der Waals surface area (Å²) in [5, 5.41) is 3.05. The van der Waals surface area contributed by atoms with Crippen molar-refractivity contribution in [3.05, 3.63) is 77.3 Å². The summed E-state index contributed by atoms with van der Waals surface area (Å²) in [6.45, 7) is 3.99. The monoisotopic (exact) mass is 488 g/mol. The Hall–Kier alpha value is -3.23. The molecule has 7 nitrogen and oxygen atoms in total. The second kappa shape index (κ2) is 10.6. The Morgan fingerprint density at radius 3 is 2.18 bits per heavy atom. The standard InChI is InChI=1S/C24H25ClN2O5S/c1-16(2)17-4-6-18(7-5-17)26-24(28)15-32-20-9-11-21(12-10-20)33(29,30)27-19-8-13-23(31-3)22(25)14-19/h4-14,16,27H,15H2,1-3H3,(H,26,28). The summed E-state index contributed by atoms with van der Waals surface area (Å²) in [5.41, 5.74) is 2.17. The molecule has 33 heavy (non-hydrogen) atoms. The van der Waals surface area contributed by atoms with Crippen molar-refractivity contribution < 1.29 is 22.7 Å². The van der Waals surface area contributed by atoms with Gasteiger partial charge in [-0.3, -0.25) is 9.52 Å². The van der Waals surface area contributed by atoms with Crippen LogP contribution in [0.1, 0.15) is 25.3 Å². The minimum atomic E-state index is -3.83. The Balaban J connectivity index is 1.56. The first-order chi connectivity index (χ1) is 15.7. The highest BCUT2D eigenvalue weighted by atomic mass is 35.5. The molecule has 3 aromatic rings. The number of rotatable bonds is 9. The van der Waals surface area contributed by atoms with Gasteiger partial charge in [0.1, 0.15) is 11.5 Å². The number of hydrogen-bond donors (Lipinski definition) is 2. The molecule has 0 aliphatic carbocycles. The number of anilines is 2. The third-order valence-electron chi connectivity index (χ3n) is 4.77. The van der Waals surface area contributed by atoms with Crippen LogP contribution in [0.3, 0.4) is 0 Å². The number of methoxy groups -OCH3 is 1. The first-order valence-electron chi connectivity index (χ1n) is 10.2. The lowest BCUT2D eigenvalue weighted by Gasteiger charge is -2.11. The average molecular weight is 489 g/mol. The normalized spacial score (nSPS) is 11.2. The zero-order chi connectivity index (χ0) is 24.0. The Morgan fingerprint density at radius 1 is 0.970 bits per heavy atom. The van der Waals surface area contributed by atoms with Gasteiger partial charge >= 0.3 is 0 Å². The van der Waals surface area contributed by atoms with Crippen molar-refractivity contribution in [3.63, 3.8) is 0 Å². The van der Waals surface area contributed by atoms with Crippen LogP contribution in [0.25, 0.3) is 0 Å². The maximum absolute atomic E-state index is 12.6. The largest absolute Gasteiger partial charge is 0.495 e. The Bertz CT molecular complexity index is 1210. The molecule has 0 fully saturated rings. The van der Waals surface area contributed by atoms with Crippen LogP contribution < -0.4 is 19.5 Å². The Morgan fingerprint density at radius 2 is 1.61 bits per heavy atom. The zero-order valence-electron chi connectivity index (χ0n) is 18.5. The third-order valence-corrected chi connectivity index (χ3v) is 6.46. The lowest BCUT2D eigenvalue weighted by Crippen LogP contribution is -2.20. The van der Waals surface area contributed by atoms with Crippen LogP contribution in [-0.4, -0.2) is 28.0 Å². The lowest BCUT2D eigenvalue weighted by atomic mass is 10.0. The van der Waals surface area contributed by atoms with Gasteiger partial charge in [-0.05, 0) is 66.1 Å². The van der Waals surface area contributed by atoms with Gasteiger partial charge < -0.3 is 14.8 Å². The fraction of sp³-hybridized carbons (Fsp3) is 0.208. The van der Waals surface area contributed by atoms with Gasteiger partial charge in [-0.2, -0.15) is 0 Å². The summed E-state index contributed by atoms with van der Waals surface area (Å²) >= 11 is 6.05. The fourth-order valence-corrected chi connectivity index (χ4v) is 4.26. The van der Waals surface area contributed by atoms with E-state index >= 15 is 0 Å². The highest BCUT2D eigenvalue weighted by Gasteiger charge is 2.15. The molecule has 1 amide bonds. The SMILES string of the molecule is COc1ccc(NS(=O)(=O)c2ccc(OCC(=O)Nc3ccc(C(C)C)cc3)cc2)cc1Cl. The van der Waals surface area contributed by atoms with Gasteiger partial charge in [-0.1, -0.05) is 37.6 Å². The van der Waals surface area contributed by atoms with Crippen molar-refractivity contribution in [2.75, 3.05) is 23.8 Å². The van der Waals surface area contributed by atoms with Crippen LogP contribution in [-0.2, 0) is 14.8 Å². The smallest absolute Gasteiger partial charge is 0.262 e. The van der Waals surface area contributed by atoms with E-state index < -0.39 is 10.0 Å². The van der Waals surface area contributed by atoms with E-state index in [-0.39, 0.29) is 22.4 Å². The Labute approximate surface area is 198 Å². The van der Waals surface area contributed by atoms with E-state index in [1.165, 1.54) is 43.0 Å². The van der Waals surface area contributed by atoms with Gasteiger partial charge in [0, 0.05) is 5.69 Å². The second-order valence-corrected chi connectivity index (χ2v) is 9.63. The molecule has 0 aliphatic heterocycles. The van der Waals surface area contributed by atoms with E-state index in [2.05, 4.69) is 23.9 Å². The summed E-state index contributed by atoms with van der Waals surface area (Å²) in [5.74, 6) is 0.903. The number of sulfonamides is 1. The number of ether oxygens (including phenoxy) is 2. The molecule has 174 valence electrons. The first-order valence-corrected chi connectivity index (χ1v) is 12.0.